The molecule has 6 heteroatoms. The summed E-state index contributed by atoms with van der Waals surface area (Å²) < 4.78 is 16.8. The molecule has 6 nitrogen and oxygen atoms in total. The molecule has 0 spiro atoms. The zero-order chi connectivity index (χ0) is 55.0. The van der Waals surface area contributed by atoms with E-state index in [2.05, 4.69) is 154 Å². The van der Waals surface area contributed by atoms with Crippen LogP contribution in [0.25, 0.3) is 0 Å². The van der Waals surface area contributed by atoms with E-state index in [4.69, 9.17) is 14.2 Å². The predicted octanol–water partition coefficient (Wildman–Crippen LogP) is 21.2. The Labute approximate surface area is 467 Å². The van der Waals surface area contributed by atoms with E-state index >= 15 is 0 Å². The average Bonchev–Trinajstić information content (AvgIpc) is 3.42. The summed E-state index contributed by atoms with van der Waals surface area (Å²) in [4.78, 5) is 38.1. The minimum atomic E-state index is -0.820. The van der Waals surface area contributed by atoms with Crippen molar-refractivity contribution in [1.29, 1.82) is 0 Å². The lowest BCUT2D eigenvalue weighted by Crippen LogP contribution is -2.30. The highest BCUT2D eigenvalue weighted by atomic mass is 16.6. The molecule has 0 aromatic carbocycles. The van der Waals surface area contributed by atoms with Crippen molar-refractivity contribution in [3.63, 3.8) is 0 Å². The summed E-state index contributed by atoms with van der Waals surface area (Å²) in [7, 11) is 0. The largest absolute Gasteiger partial charge is 0.462 e. The van der Waals surface area contributed by atoms with Gasteiger partial charge in [0, 0.05) is 19.3 Å². The highest BCUT2D eigenvalue weighted by molar-refractivity contribution is 5.71. The number of carbonyl (C=O) groups excluding carboxylic acids is 3. The fourth-order valence-corrected chi connectivity index (χ4v) is 8.01. The Hall–Kier alpha value is -4.71. The van der Waals surface area contributed by atoms with E-state index in [1.165, 1.54) is 83.5 Å². The Morgan fingerprint density at radius 2 is 0.539 bits per heavy atom. The summed E-state index contributed by atoms with van der Waals surface area (Å²) in [5.74, 6) is -1.02. The Bertz CT molecular complexity index is 1680. The third-order valence-corrected chi connectivity index (χ3v) is 12.6. The van der Waals surface area contributed by atoms with Crippen molar-refractivity contribution in [1.82, 2.24) is 0 Å². The van der Waals surface area contributed by atoms with Crippen molar-refractivity contribution in [2.45, 2.75) is 264 Å². The number of unbranched alkanes of at least 4 members (excludes halogenated alkanes) is 19. The molecule has 0 amide bonds. The quantitative estimate of drug-likeness (QED) is 0.0261. The molecule has 428 valence electrons. The van der Waals surface area contributed by atoms with E-state index in [1.807, 2.05) is 12.2 Å². The molecule has 0 aliphatic carbocycles. The molecule has 0 bridgehead atoms. The van der Waals surface area contributed by atoms with Gasteiger partial charge in [-0.3, -0.25) is 14.4 Å². The van der Waals surface area contributed by atoms with Gasteiger partial charge in [-0.15, -0.1) is 0 Å². The van der Waals surface area contributed by atoms with Gasteiger partial charge >= 0.3 is 17.9 Å². The molecule has 0 N–H and O–H groups in total. The molecular formula is C70H112O6. The van der Waals surface area contributed by atoms with Crippen LogP contribution in [-0.2, 0) is 28.6 Å². The lowest BCUT2D eigenvalue weighted by Gasteiger charge is -2.18. The number of esters is 3. The fourth-order valence-electron chi connectivity index (χ4n) is 8.01. The van der Waals surface area contributed by atoms with Crippen molar-refractivity contribution < 1.29 is 28.6 Å². The SMILES string of the molecule is CC/C=C\C/C=C\C/C=C\C/C=C\C/C=C\C/C=C\CCCCCCCCCCCCCCC(=O)OCC(COC(=O)CC/C=C\C/C=C\C/C=C\C/C=C\CC)OC(=O)CCCCCCC/C=C\C/C=C\CCCC. The van der Waals surface area contributed by atoms with Crippen LogP contribution in [0.15, 0.2) is 146 Å². The van der Waals surface area contributed by atoms with Gasteiger partial charge < -0.3 is 14.2 Å². The molecule has 76 heavy (non-hydrogen) atoms. The molecule has 0 aromatic heterocycles. The van der Waals surface area contributed by atoms with Crippen LogP contribution in [-0.4, -0.2) is 37.2 Å². The predicted molar refractivity (Wildman–Crippen MR) is 329 cm³/mol. The van der Waals surface area contributed by atoms with Crippen LogP contribution in [0.1, 0.15) is 258 Å². The van der Waals surface area contributed by atoms with E-state index in [0.717, 1.165) is 128 Å². The molecule has 0 rings (SSSR count). The van der Waals surface area contributed by atoms with Crippen LogP contribution >= 0.6 is 0 Å². The van der Waals surface area contributed by atoms with Gasteiger partial charge in [-0.05, 0) is 122 Å². The first-order valence-electron chi connectivity index (χ1n) is 30.8. The van der Waals surface area contributed by atoms with Gasteiger partial charge in [-0.25, -0.2) is 0 Å². The fraction of sp³-hybridized carbons (Fsp3) is 0.614. The Morgan fingerprint density at radius 1 is 0.276 bits per heavy atom. The molecule has 0 saturated heterocycles. The molecule has 0 saturated carbocycles. The summed E-state index contributed by atoms with van der Waals surface area (Å²) in [6.45, 7) is 6.28. The van der Waals surface area contributed by atoms with E-state index in [0.29, 0.717) is 19.3 Å². The number of allylic oxidation sites excluding steroid dienone is 24. The maximum atomic E-state index is 12.8. The van der Waals surface area contributed by atoms with E-state index in [-0.39, 0.29) is 37.5 Å². The van der Waals surface area contributed by atoms with Crippen molar-refractivity contribution in [2.75, 3.05) is 13.2 Å². The van der Waals surface area contributed by atoms with Gasteiger partial charge in [-0.1, -0.05) is 263 Å². The minimum Gasteiger partial charge on any atom is -0.462 e. The molecule has 0 radical (unpaired) electrons. The number of hydrogen-bond donors (Lipinski definition) is 0. The maximum Gasteiger partial charge on any atom is 0.306 e. The smallest absolute Gasteiger partial charge is 0.306 e. The van der Waals surface area contributed by atoms with E-state index in [1.54, 1.807) is 0 Å². The van der Waals surface area contributed by atoms with Gasteiger partial charge in [-0.2, -0.15) is 0 Å². The number of carbonyl (C=O) groups is 3. The zero-order valence-electron chi connectivity index (χ0n) is 49.0. The molecule has 0 aliphatic heterocycles. The molecule has 0 aromatic rings. The Balaban J connectivity index is 4.29. The first kappa shape index (κ1) is 71.3. The van der Waals surface area contributed by atoms with Crippen LogP contribution < -0.4 is 0 Å². The number of ether oxygens (including phenoxy) is 3. The number of hydrogen-bond acceptors (Lipinski definition) is 6. The van der Waals surface area contributed by atoms with Crippen molar-refractivity contribution in [3.8, 4) is 0 Å². The molecule has 0 heterocycles. The van der Waals surface area contributed by atoms with Gasteiger partial charge in [0.2, 0.25) is 0 Å². The monoisotopic (exact) mass is 1050 g/mol. The van der Waals surface area contributed by atoms with Crippen LogP contribution in [0.2, 0.25) is 0 Å². The van der Waals surface area contributed by atoms with Gasteiger partial charge in [0.05, 0.1) is 0 Å². The zero-order valence-corrected chi connectivity index (χ0v) is 49.0. The third kappa shape index (κ3) is 60.2. The molecule has 1 unspecified atom stereocenters. The molecule has 0 fully saturated rings. The lowest BCUT2D eigenvalue weighted by atomic mass is 10.0. The second-order valence-corrected chi connectivity index (χ2v) is 19.8. The highest BCUT2D eigenvalue weighted by Gasteiger charge is 2.19. The third-order valence-electron chi connectivity index (χ3n) is 12.6. The van der Waals surface area contributed by atoms with Crippen LogP contribution in [0.4, 0.5) is 0 Å². The molecule has 0 aliphatic rings. The summed E-state index contributed by atoms with van der Waals surface area (Å²) >= 11 is 0. The van der Waals surface area contributed by atoms with Crippen LogP contribution in [0.5, 0.6) is 0 Å². The van der Waals surface area contributed by atoms with E-state index < -0.39 is 6.10 Å². The van der Waals surface area contributed by atoms with Crippen LogP contribution in [0.3, 0.4) is 0 Å². The second-order valence-electron chi connectivity index (χ2n) is 19.8. The summed E-state index contributed by atoms with van der Waals surface area (Å²) in [5.41, 5.74) is 0. The highest BCUT2D eigenvalue weighted by Crippen LogP contribution is 2.15. The Morgan fingerprint density at radius 3 is 0.882 bits per heavy atom. The first-order chi connectivity index (χ1) is 37.5. The van der Waals surface area contributed by atoms with Gasteiger partial charge in [0.15, 0.2) is 6.10 Å². The molecular weight excluding hydrogens is 937 g/mol. The topological polar surface area (TPSA) is 78.9 Å². The number of rotatable bonds is 54. The second kappa shape index (κ2) is 62.8. The Kier molecular flexibility index (Phi) is 58.9. The first-order valence-corrected chi connectivity index (χ1v) is 30.8. The minimum absolute atomic E-state index is 0.111. The summed E-state index contributed by atoms with van der Waals surface area (Å²) in [5, 5.41) is 0. The van der Waals surface area contributed by atoms with Crippen molar-refractivity contribution >= 4 is 17.9 Å². The van der Waals surface area contributed by atoms with Crippen molar-refractivity contribution in [3.05, 3.63) is 146 Å². The lowest BCUT2D eigenvalue weighted by molar-refractivity contribution is -0.166. The average molecular weight is 1050 g/mol. The van der Waals surface area contributed by atoms with Gasteiger partial charge in [0.1, 0.15) is 13.2 Å². The van der Waals surface area contributed by atoms with E-state index in [9.17, 15) is 14.4 Å². The van der Waals surface area contributed by atoms with Crippen molar-refractivity contribution in [2.24, 2.45) is 0 Å². The van der Waals surface area contributed by atoms with Gasteiger partial charge in [0.25, 0.3) is 0 Å². The standard InChI is InChI=1S/C70H112O6/c1-4-7-10-13-16-19-22-25-27-28-29-30-31-32-33-34-35-36-37-38-39-40-41-42-43-46-48-51-54-57-60-63-69(72)75-66-67(65-74-68(71)62-59-56-53-50-47-44-24-21-18-15-12-9-6-3)76-70(73)64-61-58-55-52-49-45-26-23-20-17-14-11-8-5-2/h7,9-10,12,14,16-19,21,23,25-27,29-30,32-33,35-36,44,47,53,56,67H,4-6,8,11,13,15,20,22,24,28,31,34,37-43,45-46,48-52,54-55,57-66H2,1-3H3/b10-7-,12-9-,17-14-,19-16-,21-18-,26-23-,27-25-,30-29-,33-32-,36-35-,47-44-,56-53-. The summed E-state index contributed by atoms with van der Waals surface area (Å²) in [6.07, 6.45) is 90.1. The normalized spacial score (nSPS) is 13.1. The summed E-state index contributed by atoms with van der Waals surface area (Å²) in [6, 6.07) is 0. The molecule has 1 atom stereocenters. The maximum absolute atomic E-state index is 12.8. The van der Waals surface area contributed by atoms with Crippen LogP contribution in [0, 0.1) is 0 Å².